The molecule has 2 aromatic rings. The van der Waals surface area contributed by atoms with E-state index in [-0.39, 0.29) is 203 Å². The van der Waals surface area contributed by atoms with Gasteiger partial charge in [-0.25, -0.2) is 0 Å². The fourth-order valence-corrected chi connectivity index (χ4v) is 14.9. The highest BCUT2D eigenvalue weighted by Gasteiger charge is 2.35. The summed E-state index contributed by atoms with van der Waals surface area (Å²) in [5.41, 5.74) is 24.2. The summed E-state index contributed by atoms with van der Waals surface area (Å²) in [6.07, 6.45) is 11.7. The van der Waals surface area contributed by atoms with Crippen LogP contribution in [0.25, 0.3) is 0 Å². The zero-order chi connectivity index (χ0) is 97.2. The highest BCUT2D eigenvalue weighted by molar-refractivity contribution is 5.94. The van der Waals surface area contributed by atoms with Crippen molar-refractivity contribution in [3.8, 4) is 0 Å². The summed E-state index contributed by atoms with van der Waals surface area (Å²) in [6.45, 7) is 68.0. The molecule has 0 fully saturated rings. The Morgan fingerprint density at radius 2 is 0.520 bits per heavy atom. The van der Waals surface area contributed by atoms with E-state index in [4.69, 9.17) is 22.9 Å². The number of rotatable bonds is 66. The van der Waals surface area contributed by atoms with Crippen LogP contribution in [0.15, 0.2) is 110 Å². The lowest BCUT2D eigenvalue weighted by molar-refractivity contribution is -0.132. The normalized spacial score (nSPS) is 13.9. The number of benzene rings is 2. The van der Waals surface area contributed by atoms with Crippen LogP contribution < -0.4 is 70.8 Å². The van der Waals surface area contributed by atoms with Gasteiger partial charge in [-0.15, -0.1) is 0 Å². The number of aliphatic hydroxyl groups is 1. The first kappa shape index (κ1) is 126. The highest BCUT2D eigenvalue weighted by Crippen LogP contribution is 2.27. The van der Waals surface area contributed by atoms with Crippen molar-refractivity contribution < 1.29 is 53.1 Å². The SMILES string of the molecule is C.C=C(N)NCCC[C@H](CC(=O)[C@@H](NC(C)C)C(C)C)C(=O)C(C)C.C=C(N)NCCC[C@H](CC(=O)[C@@H](NC(C)C)C(C)C)C(=O)C(C)C.C=C(N)NCCC[C@H](CC(=O)[C@@H](NC(C)C)C(C)O)C(=O)C(C)C.C=C(N)NCCC[C@H](CC(=O)[C@H](Cc1ccccc1)NC(C)C)C(=O)C(C)C.CCCCC[C@H](CC(=O)[C@H](Cc1ccccc1)NC(C)C)C(=O)C(C)C. The predicted molar refractivity (Wildman–Crippen MR) is 530 cm³/mol. The van der Waals surface area contributed by atoms with E-state index in [0.717, 1.165) is 62.5 Å². The van der Waals surface area contributed by atoms with E-state index < -0.39 is 12.1 Å². The molecule has 18 N–H and O–H groups in total. The van der Waals surface area contributed by atoms with Gasteiger partial charge in [0.15, 0.2) is 28.9 Å². The molecule has 2 rings (SSSR count). The lowest BCUT2D eigenvalue weighted by atomic mass is 9.84. The molecule has 0 aliphatic heterocycles. The summed E-state index contributed by atoms with van der Waals surface area (Å²) >= 11 is 0. The van der Waals surface area contributed by atoms with Crippen molar-refractivity contribution in [2.45, 2.75) is 376 Å². The van der Waals surface area contributed by atoms with Gasteiger partial charge in [0, 0.05) is 148 Å². The third-order valence-corrected chi connectivity index (χ3v) is 21.4. The molecule has 24 nitrogen and oxygen atoms in total. The van der Waals surface area contributed by atoms with Crippen LogP contribution in [0.5, 0.6) is 0 Å². The third-order valence-electron chi connectivity index (χ3n) is 21.4. The van der Waals surface area contributed by atoms with E-state index in [0.29, 0.717) is 107 Å². The Bertz CT molecular complexity index is 3260. The lowest BCUT2D eigenvalue weighted by Gasteiger charge is -2.26. The van der Waals surface area contributed by atoms with Crippen LogP contribution in [0, 0.1) is 71.0 Å². The molecule has 0 aliphatic carbocycles. The molecule has 0 saturated heterocycles. The lowest BCUT2D eigenvalue weighted by Crippen LogP contribution is -2.48. The van der Waals surface area contributed by atoms with Crippen LogP contribution in [-0.2, 0) is 60.8 Å². The number of carbonyl (C=O) groups excluding carboxylic acids is 10. The van der Waals surface area contributed by atoms with Crippen LogP contribution in [0.4, 0.5) is 0 Å². The molecule has 0 amide bonds. The molecule has 0 bridgehead atoms. The number of unbranched alkanes of at least 4 members (excludes halogenated alkanes) is 2. The van der Waals surface area contributed by atoms with E-state index in [1.54, 1.807) is 6.92 Å². The average molecular weight is 1780 g/mol. The van der Waals surface area contributed by atoms with Gasteiger partial charge in [0.25, 0.3) is 0 Å². The molecule has 127 heavy (non-hydrogen) atoms. The fourth-order valence-electron chi connectivity index (χ4n) is 14.9. The second kappa shape index (κ2) is 71.1. The molecule has 11 atom stereocenters. The summed E-state index contributed by atoms with van der Waals surface area (Å²) in [5.74, 6) is 1.81. The molecule has 1 unspecified atom stereocenters. The van der Waals surface area contributed by atoms with Gasteiger partial charge in [-0.1, -0.05) is 287 Å². The number of nitrogens with one attached hydrogen (secondary N) is 9. The highest BCUT2D eigenvalue weighted by atomic mass is 16.3. The number of ketones is 10. The first-order chi connectivity index (χ1) is 58.7. The van der Waals surface area contributed by atoms with Crippen molar-refractivity contribution >= 4 is 57.8 Å². The monoisotopic (exact) mass is 1780 g/mol. The molecule has 730 valence electrons. The zero-order valence-electron chi connectivity index (χ0n) is 83.5. The number of hydrogen-bond donors (Lipinski definition) is 14. The minimum absolute atomic E-state index is 0. The minimum atomic E-state index is -0.795. The van der Waals surface area contributed by atoms with Gasteiger partial charge in [0.1, 0.15) is 28.9 Å². The van der Waals surface area contributed by atoms with Crippen molar-refractivity contribution in [3.63, 3.8) is 0 Å². The third kappa shape index (κ3) is 61.5. The van der Waals surface area contributed by atoms with Crippen molar-refractivity contribution in [1.29, 1.82) is 0 Å². The van der Waals surface area contributed by atoms with Gasteiger partial charge >= 0.3 is 0 Å². The summed E-state index contributed by atoms with van der Waals surface area (Å²) in [6, 6.07) is 19.5. The van der Waals surface area contributed by atoms with Gasteiger partial charge in [-0.3, -0.25) is 47.9 Å². The number of nitrogens with two attached hydrogens (primary N) is 4. The summed E-state index contributed by atoms with van der Waals surface area (Å²) in [5, 5.41) is 38.2. The van der Waals surface area contributed by atoms with E-state index in [1.807, 2.05) is 201 Å². The van der Waals surface area contributed by atoms with Crippen LogP contribution in [-0.4, -0.2) is 156 Å². The second-order valence-corrected chi connectivity index (χ2v) is 38.2. The number of carbonyl (C=O) groups is 10. The summed E-state index contributed by atoms with van der Waals surface area (Å²) < 4.78 is 0. The van der Waals surface area contributed by atoms with Gasteiger partial charge in [0.2, 0.25) is 0 Å². The molecular formula is C103H187N13O11. The Balaban J connectivity index is -0.000000744. The van der Waals surface area contributed by atoms with Gasteiger partial charge in [-0.05, 0) is 101 Å². The first-order valence-electron chi connectivity index (χ1n) is 47.3. The van der Waals surface area contributed by atoms with Gasteiger partial charge < -0.3 is 75.9 Å². The molecule has 0 aliphatic rings. The Kier molecular flexibility index (Phi) is 70.3. The van der Waals surface area contributed by atoms with E-state index >= 15 is 0 Å². The largest absolute Gasteiger partial charge is 0.391 e. The molecule has 0 aromatic heterocycles. The topological polar surface area (TPSA) is 403 Å². The molecule has 24 heteroatoms. The van der Waals surface area contributed by atoms with Crippen molar-refractivity contribution in [2.24, 2.45) is 93.9 Å². The average Bonchev–Trinajstić information content (AvgIpc) is 0.884. The molecule has 0 heterocycles. The summed E-state index contributed by atoms with van der Waals surface area (Å²) in [7, 11) is 0. The van der Waals surface area contributed by atoms with Gasteiger partial charge in [0.05, 0.1) is 59.6 Å². The summed E-state index contributed by atoms with van der Waals surface area (Å²) in [4.78, 5) is 127. The molecule has 0 spiro atoms. The number of aliphatic hydroxyl groups excluding tert-OH is 1. The molecular weight excluding hydrogens is 1600 g/mol. The standard InChI is InChI=1S/C23H37N3O2.C23H37NO2.2C19H37N3O2.C18H35N3O3.CH4/c1-16(2)23(28)20(12-9-13-25-18(5)24)15-22(27)21(26-17(3)4)14-19-10-7-6-8-11-19;1-6-7-9-14-20(23(26)17(2)3)16-22(25)21(24-18(4)5)15-19-12-10-8-11-13-19;2*1-12(2)18(22-14(5)6)17(23)11-16(19(24)13(3)4)9-8-10-21-15(7)20;1-11(2)18(24)15(8-7-9-20-14(6)19)10-16(23)17(13(5)22)21-12(3)4;/h6-8,10-11,16-17,20-21,25-26H,5,9,12-15,24H2,1-4H3;8,10-13,17-18,20-21,24H,6-7,9,14-16H2,1-5H3;2*12-14,16,18,21-22H,7-11,20H2,1-6H3;11-13,15,17,20-22H,6-10,19H2,1-5H3;1H4/t2*20-,21+;2*16-,18+;13?,15-,17+;/m11111./s1. The maximum Gasteiger partial charge on any atom is 0.153 e. The smallest absolute Gasteiger partial charge is 0.153 e. The van der Waals surface area contributed by atoms with Crippen molar-refractivity contribution in [3.05, 3.63) is 121 Å². The molecule has 2 aromatic carbocycles. The second-order valence-electron chi connectivity index (χ2n) is 38.2. The van der Waals surface area contributed by atoms with Gasteiger partial charge in [-0.2, -0.15) is 0 Å². The van der Waals surface area contributed by atoms with Crippen molar-refractivity contribution in [1.82, 2.24) is 47.9 Å². The van der Waals surface area contributed by atoms with Crippen molar-refractivity contribution in [2.75, 3.05) is 26.2 Å². The quantitative estimate of drug-likeness (QED) is 0.0274. The van der Waals surface area contributed by atoms with E-state index in [9.17, 15) is 53.1 Å². The minimum Gasteiger partial charge on any atom is -0.391 e. The Morgan fingerprint density at radius 1 is 0.307 bits per heavy atom. The van der Waals surface area contributed by atoms with Crippen LogP contribution in [0.3, 0.4) is 0 Å². The maximum atomic E-state index is 13.1. The predicted octanol–water partition coefficient (Wildman–Crippen LogP) is 15.4. The Morgan fingerprint density at radius 3 is 0.717 bits per heavy atom. The maximum absolute atomic E-state index is 13.1. The van der Waals surface area contributed by atoms with Crippen LogP contribution >= 0.6 is 0 Å². The zero-order valence-corrected chi connectivity index (χ0v) is 83.5. The Labute approximate surface area is 772 Å². The fraction of sp³-hybridized carbons (Fsp3) is 0.709. The molecule has 0 saturated carbocycles. The van der Waals surface area contributed by atoms with E-state index in [2.05, 4.69) is 107 Å². The number of hydrogen-bond acceptors (Lipinski definition) is 24. The first-order valence-corrected chi connectivity index (χ1v) is 47.3. The molecule has 0 radical (unpaired) electrons. The van der Waals surface area contributed by atoms with Crippen LogP contribution in [0.2, 0.25) is 0 Å². The Hall–Kier alpha value is -7.74. The number of Topliss-reactive ketones (excluding diaryl/α,β-unsaturated/α-hetero) is 10. The van der Waals surface area contributed by atoms with E-state index in [1.165, 1.54) is 0 Å². The van der Waals surface area contributed by atoms with Crippen LogP contribution in [0.1, 0.15) is 308 Å².